The van der Waals surface area contributed by atoms with E-state index in [2.05, 4.69) is 4.98 Å². The van der Waals surface area contributed by atoms with E-state index in [0.29, 0.717) is 11.8 Å². The van der Waals surface area contributed by atoms with Crippen molar-refractivity contribution in [1.29, 1.82) is 5.26 Å². The number of carbonyl (C=O) groups excluding carboxylic acids is 2. The van der Waals surface area contributed by atoms with Crippen LogP contribution in [-0.4, -0.2) is 23.2 Å². The van der Waals surface area contributed by atoms with Crippen molar-refractivity contribution in [3.05, 3.63) is 59.4 Å². The first-order chi connectivity index (χ1) is 12.2. The van der Waals surface area contributed by atoms with Crippen LogP contribution >= 0.6 is 0 Å². The maximum atomic E-state index is 12.5. The van der Waals surface area contributed by atoms with Crippen molar-refractivity contribution in [2.24, 2.45) is 0 Å². The van der Waals surface area contributed by atoms with Gasteiger partial charge in [0.25, 0.3) is 0 Å². The number of hydrogen-bond acceptors (Lipinski definition) is 5. The highest BCUT2D eigenvalue weighted by molar-refractivity contribution is 5.94. The number of halogens is 3. The summed E-state index contributed by atoms with van der Waals surface area (Å²) in [5.41, 5.74) is -0.662. The van der Waals surface area contributed by atoms with Gasteiger partial charge in [0.2, 0.25) is 0 Å². The molecule has 5 nitrogen and oxygen atoms in total. The van der Waals surface area contributed by atoms with E-state index in [1.807, 2.05) is 0 Å². The first-order valence-corrected chi connectivity index (χ1v) is 7.41. The van der Waals surface area contributed by atoms with Gasteiger partial charge in [-0.3, -0.25) is 14.6 Å². The number of ether oxygens (including phenoxy) is 1. The van der Waals surface area contributed by atoms with Gasteiger partial charge in [-0.2, -0.15) is 18.4 Å². The minimum atomic E-state index is -4.55. The van der Waals surface area contributed by atoms with E-state index in [1.165, 1.54) is 19.1 Å². The predicted octanol–water partition coefficient (Wildman–Crippen LogP) is 3.56. The summed E-state index contributed by atoms with van der Waals surface area (Å²) < 4.78 is 42.9. The Balaban J connectivity index is 2.08. The van der Waals surface area contributed by atoms with Crippen LogP contribution in [0.5, 0.6) is 5.75 Å². The summed E-state index contributed by atoms with van der Waals surface area (Å²) in [4.78, 5) is 27.1. The average Bonchev–Trinajstić information content (AvgIpc) is 2.60. The van der Waals surface area contributed by atoms with Gasteiger partial charge >= 0.3 is 6.18 Å². The molecule has 0 fully saturated rings. The molecule has 0 saturated heterocycles. The monoisotopic (exact) mass is 362 g/mol. The van der Waals surface area contributed by atoms with E-state index in [0.717, 1.165) is 12.1 Å². The molecule has 1 aromatic carbocycles. The van der Waals surface area contributed by atoms with Gasteiger partial charge in [-0.1, -0.05) is 12.1 Å². The molecular formula is C18H13F3N2O3. The fraction of sp³-hybridized carbons (Fsp3) is 0.222. The lowest BCUT2D eigenvalue weighted by Gasteiger charge is -2.11. The third-order valence-electron chi connectivity index (χ3n) is 3.48. The zero-order chi connectivity index (χ0) is 19.3. The number of benzene rings is 1. The molecule has 0 radical (unpaired) electrons. The quantitative estimate of drug-likeness (QED) is 0.734. The van der Waals surface area contributed by atoms with Crippen LogP contribution in [0.15, 0.2) is 42.6 Å². The standard InChI is InChI=1S/C18H13F3N2O3/c1-11(24)12-3-2-4-14(7-12)26-10-17(25)15(8-22)16-6-5-13(9-23-16)18(19,20)21/h2-7,9,15H,10H2,1H3. The fourth-order valence-corrected chi connectivity index (χ4v) is 2.09. The minimum Gasteiger partial charge on any atom is -0.486 e. The molecule has 1 atom stereocenters. The third-order valence-corrected chi connectivity index (χ3v) is 3.48. The van der Waals surface area contributed by atoms with Crippen molar-refractivity contribution in [3.63, 3.8) is 0 Å². The molecule has 2 rings (SSSR count). The zero-order valence-corrected chi connectivity index (χ0v) is 13.6. The summed E-state index contributed by atoms with van der Waals surface area (Å²) in [5.74, 6) is -1.92. The van der Waals surface area contributed by atoms with Crippen molar-refractivity contribution < 1.29 is 27.5 Å². The van der Waals surface area contributed by atoms with Crippen LogP contribution in [0.2, 0.25) is 0 Å². The van der Waals surface area contributed by atoms with Crippen LogP contribution in [0.25, 0.3) is 0 Å². The second kappa shape index (κ2) is 7.78. The molecule has 0 spiro atoms. The lowest BCUT2D eigenvalue weighted by molar-refractivity contribution is -0.137. The SMILES string of the molecule is CC(=O)c1cccc(OCC(=O)C(C#N)c2ccc(C(F)(F)F)cn2)c1. The Hall–Kier alpha value is -3.21. The van der Waals surface area contributed by atoms with Crippen LogP contribution in [0.4, 0.5) is 13.2 Å². The Kier molecular flexibility index (Phi) is 5.72. The molecule has 0 bridgehead atoms. The number of pyridine rings is 1. The molecule has 1 heterocycles. The summed E-state index contributed by atoms with van der Waals surface area (Å²) in [6.07, 6.45) is -3.98. The zero-order valence-electron chi connectivity index (χ0n) is 13.6. The van der Waals surface area contributed by atoms with Crippen molar-refractivity contribution in [2.75, 3.05) is 6.61 Å². The lowest BCUT2D eigenvalue weighted by Crippen LogP contribution is -2.20. The van der Waals surface area contributed by atoms with E-state index < -0.39 is 30.0 Å². The highest BCUT2D eigenvalue weighted by Crippen LogP contribution is 2.29. The molecule has 0 aliphatic carbocycles. The van der Waals surface area contributed by atoms with Crippen molar-refractivity contribution in [2.45, 2.75) is 19.0 Å². The molecule has 0 saturated carbocycles. The molecule has 134 valence electrons. The van der Waals surface area contributed by atoms with Crippen molar-refractivity contribution >= 4 is 11.6 Å². The first kappa shape index (κ1) is 19.1. The number of nitriles is 1. The van der Waals surface area contributed by atoms with Crippen LogP contribution in [0.3, 0.4) is 0 Å². The molecule has 2 aromatic rings. The van der Waals surface area contributed by atoms with Crippen LogP contribution in [0.1, 0.15) is 34.5 Å². The number of hydrogen-bond donors (Lipinski definition) is 0. The number of nitrogens with zero attached hydrogens (tertiary/aromatic N) is 2. The van der Waals surface area contributed by atoms with Crippen LogP contribution in [0, 0.1) is 11.3 Å². The van der Waals surface area contributed by atoms with Gasteiger partial charge < -0.3 is 4.74 Å². The number of alkyl halides is 3. The molecule has 0 aliphatic rings. The van der Waals surface area contributed by atoms with Gasteiger partial charge in [0.05, 0.1) is 17.3 Å². The van der Waals surface area contributed by atoms with Crippen molar-refractivity contribution in [1.82, 2.24) is 4.98 Å². The number of ketones is 2. The highest BCUT2D eigenvalue weighted by atomic mass is 19.4. The van der Waals surface area contributed by atoms with E-state index in [4.69, 9.17) is 10.00 Å². The second-order valence-corrected chi connectivity index (χ2v) is 5.37. The molecular weight excluding hydrogens is 349 g/mol. The van der Waals surface area contributed by atoms with E-state index in [9.17, 15) is 22.8 Å². The topological polar surface area (TPSA) is 80.0 Å². The van der Waals surface area contributed by atoms with Crippen LogP contribution < -0.4 is 4.74 Å². The number of Topliss-reactive ketones (excluding diaryl/α,β-unsaturated/α-hetero) is 2. The fourth-order valence-electron chi connectivity index (χ4n) is 2.09. The number of carbonyl (C=O) groups is 2. The summed E-state index contributed by atoms with van der Waals surface area (Å²) in [6.45, 7) is 0.897. The van der Waals surface area contributed by atoms with E-state index in [-0.39, 0.29) is 17.2 Å². The van der Waals surface area contributed by atoms with Gasteiger partial charge in [-0.15, -0.1) is 0 Å². The molecule has 8 heteroatoms. The summed E-state index contributed by atoms with van der Waals surface area (Å²) in [6, 6.07) is 9.62. The maximum Gasteiger partial charge on any atom is 0.417 e. The average molecular weight is 362 g/mol. The third kappa shape index (κ3) is 4.66. The Labute approximate surface area is 147 Å². The Morgan fingerprint density at radius 2 is 2.00 bits per heavy atom. The highest BCUT2D eigenvalue weighted by Gasteiger charge is 2.31. The maximum absolute atomic E-state index is 12.5. The second-order valence-electron chi connectivity index (χ2n) is 5.37. The summed E-state index contributed by atoms with van der Waals surface area (Å²) >= 11 is 0. The largest absolute Gasteiger partial charge is 0.486 e. The Morgan fingerprint density at radius 1 is 1.27 bits per heavy atom. The van der Waals surface area contributed by atoms with Gasteiger partial charge in [0.15, 0.2) is 17.5 Å². The Bertz CT molecular complexity index is 855. The van der Waals surface area contributed by atoms with Crippen molar-refractivity contribution in [3.8, 4) is 11.8 Å². The van der Waals surface area contributed by atoms with Gasteiger partial charge in [-0.25, -0.2) is 0 Å². The molecule has 0 amide bonds. The molecule has 0 aliphatic heterocycles. The Morgan fingerprint density at radius 3 is 2.54 bits per heavy atom. The predicted molar refractivity (Wildman–Crippen MR) is 84.5 cm³/mol. The van der Waals surface area contributed by atoms with Crippen LogP contribution in [-0.2, 0) is 11.0 Å². The molecule has 1 unspecified atom stereocenters. The van der Waals surface area contributed by atoms with Gasteiger partial charge in [0.1, 0.15) is 12.4 Å². The first-order valence-electron chi connectivity index (χ1n) is 7.41. The smallest absolute Gasteiger partial charge is 0.417 e. The molecule has 0 N–H and O–H groups in total. The number of aromatic nitrogens is 1. The normalized spacial score (nSPS) is 12.1. The number of rotatable bonds is 6. The minimum absolute atomic E-state index is 0.0911. The lowest BCUT2D eigenvalue weighted by atomic mass is 10.0. The van der Waals surface area contributed by atoms with E-state index in [1.54, 1.807) is 18.2 Å². The van der Waals surface area contributed by atoms with E-state index >= 15 is 0 Å². The molecule has 26 heavy (non-hydrogen) atoms. The van der Waals surface area contributed by atoms with Gasteiger partial charge in [-0.05, 0) is 31.2 Å². The van der Waals surface area contributed by atoms with Gasteiger partial charge in [0, 0.05) is 11.8 Å². The molecule has 1 aromatic heterocycles. The summed E-state index contributed by atoms with van der Waals surface area (Å²) in [5, 5.41) is 9.16. The summed E-state index contributed by atoms with van der Waals surface area (Å²) in [7, 11) is 0.